The van der Waals surface area contributed by atoms with Crippen LogP contribution in [0.25, 0.3) is 11.1 Å². The molecule has 1 aliphatic heterocycles. The molecule has 1 aliphatic rings. The summed E-state index contributed by atoms with van der Waals surface area (Å²) in [6, 6.07) is 4.45. The van der Waals surface area contributed by atoms with E-state index >= 15 is 0 Å². The summed E-state index contributed by atoms with van der Waals surface area (Å²) >= 11 is 6.01. The summed E-state index contributed by atoms with van der Waals surface area (Å²) in [5.74, 6) is 0. The number of fused-ring (bicyclic) bond motifs is 1. The minimum absolute atomic E-state index is 0. The van der Waals surface area contributed by atoms with Crippen molar-refractivity contribution in [1.82, 2.24) is 10.3 Å². The summed E-state index contributed by atoms with van der Waals surface area (Å²) in [6.07, 6.45) is 0. The van der Waals surface area contributed by atoms with Crippen molar-refractivity contribution < 1.29 is 4.42 Å². The number of aromatic nitrogens is 1. The van der Waals surface area contributed by atoms with Crippen LogP contribution in [-0.4, -0.2) is 31.2 Å². The van der Waals surface area contributed by atoms with Crippen molar-refractivity contribution in [2.45, 2.75) is 6.92 Å². The number of nitrogens with zero attached hydrogens (tertiary/aromatic N) is 2. The second-order valence-corrected chi connectivity index (χ2v) is 4.74. The molecule has 0 unspecified atom stereocenters. The molecule has 0 amide bonds. The first kappa shape index (κ1) is 13.5. The molecule has 1 saturated heterocycles. The molecule has 4 nitrogen and oxygen atoms in total. The standard InChI is InChI=1S/C12H14ClN3O.ClH/c1-8-6-9(13)7-10-11(8)17-12(15-10)16-4-2-14-3-5-16;/h6-7,14H,2-5H2,1H3;1H. The van der Waals surface area contributed by atoms with E-state index in [0.717, 1.165) is 42.8 Å². The maximum atomic E-state index is 6.01. The summed E-state index contributed by atoms with van der Waals surface area (Å²) in [6.45, 7) is 5.79. The second-order valence-electron chi connectivity index (χ2n) is 4.30. The highest BCUT2D eigenvalue weighted by atomic mass is 35.5. The maximum Gasteiger partial charge on any atom is 0.298 e. The van der Waals surface area contributed by atoms with Crippen LogP contribution in [0.5, 0.6) is 0 Å². The molecule has 3 rings (SSSR count). The van der Waals surface area contributed by atoms with E-state index in [4.69, 9.17) is 16.0 Å². The van der Waals surface area contributed by atoms with Crippen molar-refractivity contribution in [3.8, 4) is 0 Å². The summed E-state index contributed by atoms with van der Waals surface area (Å²) in [5.41, 5.74) is 2.70. The number of anilines is 1. The van der Waals surface area contributed by atoms with Crippen LogP contribution in [0.2, 0.25) is 5.02 Å². The van der Waals surface area contributed by atoms with Gasteiger partial charge in [0.25, 0.3) is 6.01 Å². The third-order valence-corrected chi connectivity index (χ3v) is 3.23. The predicted molar refractivity (Wildman–Crippen MR) is 76.1 cm³/mol. The molecular weight excluding hydrogens is 273 g/mol. The van der Waals surface area contributed by atoms with Crippen molar-refractivity contribution in [1.29, 1.82) is 0 Å². The number of oxazole rings is 1. The Morgan fingerprint density at radius 3 is 2.78 bits per heavy atom. The summed E-state index contributed by atoms with van der Waals surface area (Å²) in [4.78, 5) is 6.66. The van der Waals surface area contributed by atoms with Gasteiger partial charge in [-0.2, -0.15) is 4.98 Å². The Bertz CT molecular complexity index is 549. The minimum Gasteiger partial charge on any atom is -0.423 e. The van der Waals surface area contributed by atoms with Crippen molar-refractivity contribution in [2.24, 2.45) is 0 Å². The molecule has 6 heteroatoms. The Labute approximate surface area is 117 Å². The quantitative estimate of drug-likeness (QED) is 0.876. The Morgan fingerprint density at radius 1 is 1.33 bits per heavy atom. The minimum atomic E-state index is 0. The Kier molecular flexibility index (Phi) is 4.00. The third-order valence-electron chi connectivity index (χ3n) is 3.02. The van der Waals surface area contributed by atoms with Gasteiger partial charge in [0.2, 0.25) is 0 Å². The van der Waals surface area contributed by atoms with Gasteiger partial charge in [0.05, 0.1) is 0 Å². The summed E-state index contributed by atoms with van der Waals surface area (Å²) in [7, 11) is 0. The lowest BCUT2D eigenvalue weighted by Gasteiger charge is -2.25. The van der Waals surface area contributed by atoms with Crippen LogP contribution in [-0.2, 0) is 0 Å². The SMILES string of the molecule is Cc1cc(Cl)cc2nc(N3CCNCC3)oc12.Cl. The van der Waals surface area contributed by atoms with E-state index in [1.165, 1.54) is 0 Å². The molecule has 0 aliphatic carbocycles. The van der Waals surface area contributed by atoms with Crippen LogP contribution in [0.4, 0.5) is 6.01 Å². The maximum absolute atomic E-state index is 6.01. The molecule has 0 bridgehead atoms. The monoisotopic (exact) mass is 287 g/mol. The fraction of sp³-hybridized carbons (Fsp3) is 0.417. The van der Waals surface area contributed by atoms with E-state index < -0.39 is 0 Å². The molecule has 0 spiro atoms. The highest BCUT2D eigenvalue weighted by Gasteiger charge is 2.17. The lowest BCUT2D eigenvalue weighted by atomic mass is 10.2. The molecule has 2 aromatic rings. The molecule has 2 heterocycles. The number of nitrogens with one attached hydrogen (secondary N) is 1. The van der Waals surface area contributed by atoms with Gasteiger partial charge >= 0.3 is 0 Å². The van der Waals surface area contributed by atoms with Gasteiger partial charge in [0.15, 0.2) is 5.58 Å². The third kappa shape index (κ3) is 2.41. The zero-order valence-corrected chi connectivity index (χ0v) is 11.6. The van der Waals surface area contributed by atoms with Crippen molar-refractivity contribution >= 4 is 41.1 Å². The lowest BCUT2D eigenvalue weighted by molar-refractivity contribution is 0.517. The van der Waals surface area contributed by atoms with Crippen LogP contribution >= 0.6 is 24.0 Å². The smallest absolute Gasteiger partial charge is 0.298 e. The fourth-order valence-corrected chi connectivity index (χ4v) is 2.40. The number of aryl methyl sites for hydroxylation is 1. The average Bonchev–Trinajstić information content (AvgIpc) is 2.74. The van der Waals surface area contributed by atoms with E-state index in [9.17, 15) is 0 Å². The van der Waals surface area contributed by atoms with Crippen molar-refractivity contribution in [3.63, 3.8) is 0 Å². The highest BCUT2D eigenvalue weighted by Crippen LogP contribution is 2.27. The van der Waals surface area contributed by atoms with Crippen molar-refractivity contribution in [3.05, 3.63) is 22.7 Å². The molecule has 0 radical (unpaired) electrons. The van der Waals surface area contributed by atoms with Gasteiger partial charge in [-0.15, -0.1) is 12.4 Å². The zero-order chi connectivity index (χ0) is 11.8. The van der Waals surface area contributed by atoms with E-state index in [-0.39, 0.29) is 12.4 Å². The van der Waals surface area contributed by atoms with E-state index in [2.05, 4.69) is 15.2 Å². The Morgan fingerprint density at radius 2 is 2.06 bits per heavy atom. The van der Waals surface area contributed by atoms with E-state index in [1.807, 2.05) is 19.1 Å². The predicted octanol–water partition coefficient (Wildman–Crippen LogP) is 2.62. The summed E-state index contributed by atoms with van der Waals surface area (Å²) in [5, 5.41) is 4.01. The average molecular weight is 288 g/mol. The number of halogens is 2. The zero-order valence-electron chi connectivity index (χ0n) is 10.1. The molecule has 1 fully saturated rings. The van der Waals surface area contributed by atoms with Crippen molar-refractivity contribution in [2.75, 3.05) is 31.1 Å². The van der Waals surface area contributed by atoms with Gasteiger partial charge in [0, 0.05) is 31.2 Å². The molecule has 1 aromatic heterocycles. The van der Waals surface area contributed by atoms with Gasteiger partial charge in [-0.1, -0.05) is 11.6 Å². The van der Waals surface area contributed by atoms with Gasteiger partial charge in [-0.25, -0.2) is 0 Å². The topological polar surface area (TPSA) is 41.3 Å². The van der Waals surface area contributed by atoms with Gasteiger partial charge in [0.1, 0.15) is 5.52 Å². The summed E-state index contributed by atoms with van der Waals surface area (Å²) < 4.78 is 5.82. The molecule has 1 N–H and O–H groups in total. The normalized spacial score (nSPS) is 15.8. The fourth-order valence-electron chi connectivity index (χ4n) is 2.14. The van der Waals surface area contributed by atoms with Crippen LogP contribution in [0, 0.1) is 6.92 Å². The van der Waals surface area contributed by atoms with Crippen LogP contribution in [0.1, 0.15) is 5.56 Å². The van der Waals surface area contributed by atoms with Crippen LogP contribution < -0.4 is 10.2 Å². The number of rotatable bonds is 1. The molecular formula is C12H15Cl2N3O. The second kappa shape index (κ2) is 5.34. The number of hydrogen-bond acceptors (Lipinski definition) is 4. The van der Waals surface area contributed by atoms with E-state index in [0.29, 0.717) is 11.0 Å². The lowest BCUT2D eigenvalue weighted by Crippen LogP contribution is -2.43. The molecule has 0 saturated carbocycles. The number of piperazine rings is 1. The van der Waals surface area contributed by atoms with Crippen LogP contribution in [0.15, 0.2) is 16.5 Å². The first-order valence-electron chi connectivity index (χ1n) is 5.76. The van der Waals surface area contributed by atoms with Crippen LogP contribution in [0.3, 0.4) is 0 Å². The first-order valence-corrected chi connectivity index (χ1v) is 6.14. The number of hydrogen-bond donors (Lipinski definition) is 1. The van der Waals surface area contributed by atoms with Gasteiger partial charge in [-0.05, 0) is 24.6 Å². The number of benzene rings is 1. The van der Waals surface area contributed by atoms with Gasteiger partial charge in [-0.3, -0.25) is 0 Å². The Balaban J connectivity index is 0.00000120. The molecule has 0 atom stereocenters. The highest BCUT2D eigenvalue weighted by molar-refractivity contribution is 6.31. The first-order chi connectivity index (χ1) is 8.24. The van der Waals surface area contributed by atoms with E-state index in [1.54, 1.807) is 0 Å². The largest absolute Gasteiger partial charge is 0.423 e. The molecule has 98 valence electrons. The molecule has 18 heavy (non-hydrogen) atoms. The van der Waals surface area contributed by atoms with Gasteiger partial charge < -0.3 is 14.6 Å². The molecule has 1 aromatic carbocycles. The Hall–Kier alpha value is -0.970.